The minimum atomic E-state index is -0.554. The van der Waals surface area contributed by atoms with Gasteiger partial charge in [-0.2, -0.15) is 0 Å². The smallest absolute Gasteiger partial charge is 0.217 e. The predicted octanol–water partition coefficient (Wildman–Crippen LogP) is 3.33. The van der Waals surface area contributed by atoms with Crippen molar-refractivity contribution in [3.05, 3.63) is 65.0 Å². The Bertz CT molecular complexity index is 746. The molecule has 1 aromatic heterocycles. The standard InChI is InChI=1S/C19H21F2N3O/c1-13(25)22-11-17-4-2-5-18(23-17)19-6-3-7-24(19)12-14-8-15(20)10-16(21)9-14/h2,4-5,8-10,19H,3,6-7,11-12H2,1H3,(H,22,25)/t19-/m0/s1. The van der Waals surface area contributed by atoms with Crippen molar-refractivity contribution in [1.82, 2.24) is 15.2 Å². The number of amides is 1. The highest BCUT2D eigenvalue weighted by atomic mass is 19.1. The highest BCUT2D eigenvalue weighted by Gasteiger charge is 2.27. The zero-order chi connectivity index (χ0) is 17.8. The number of carbonyl (C=O) groups is 1. The second kappa shape index (κ2) is 7.70. The third-order valence-corrected chi connectivity index (χ3v) is 4.36. The quantitative estimate of drug-likeness (QED) is 0.904. The van der Waals surface area contributed by atoms with E-state index in [4.69, 9.17) is 0 Å². The summed E-state index contributed by atoms with van der Waals surface area (Å²) < 4.78 is 26.8. The zero-order valence-corrected chi connectivity index (χ0v) is 14.1. The maximum Gasteiger partial charge on any atom is 0.217 e. The molecule has 1 saturated heterocycles. The molecule has 1 amide bonds. The molecule has 0 aliphatic carbocycles. The number of halogens is 2. The Labute approximate surface area is 145 Å². The van der Waals surface area contributed by atoms with E-state index in [-0.39, 0.29) is 11.9 Å². The Hall–Kier alpha value is -2.34. The molecular weight excluding hydrogens is 324 g/mol. The number of rotatable bonds is 5. The summed E-state index contributed by atoms with van der Waals surface area (Å²) in [5.74, 6) is -1.20. The van der Waals surface area contributed by atoms with E-state index < -0.39 is 11.6 Å². The van der Waals surface area contributed by atoms with Crippen LogP contribution in [-0.2, 0) is 17.9 Å². The molecule has 4 nitrogen and oxygen atoms in total. The molecule has 1 N–H and O–H groups in total. The van der Waals surface area contributed by atoms with Crippen LogP contribution in [0.3, 0.4) is 0 Å². The van der Waals surface area contributed by atoms with Crippen LogP contribution >= 0.6 is 0 Å². The molecule has 2 heterocycles. The summed E-state index contributed by atoms with van der Waals surface area (Å²) >= 11 is 0. The topological polar surface area (TPSA) is 45.2 Å². The number of nitrogens with one attached hydrogen (secondary N) is 1. The van der Waals surface area contributed by atoms with E-state index >= 15 is 0 Å². The lowest BCUT2D eigenvalue weighted by atomic mass is 10.1. The lowest BCUT2D eigenvalue weighted by Crippen LogP contribution is -2.24. The largest absolute Gasteiger partial charge is 0.351 e. The second-order valence-electron chi connectivity index (χ2n) is 6.37. The maximum absolute atomic E-state index is 13.4. The first-order chi connectivity index (χ1) is 12.0. The van der Waals surface area contributed by atoms with Crippen molar-refractivity contribution in [3.63, 3.8) is 0 Å². The molecule has 2 aromatic rings. The van der Waals surface area contributed by atoms with E-state index in [0.717, 1.165) is 36.8 Å². The number of hydrogen-bond acceptors (Lipinski definition) is 3. The van der Waals surface area contributed by atoms with Crippen LogP contribution in [0.1, 0.15) is 42.8 Å². The van der Waals surface area contributed by atoms with Crippen LogP contribution in [0.2, 0.25) is 0 Å². The minimum absolute atomic E-state index is 0.0946. The van der Waals surface area contributed by atoms with Gasteiger partial charge in [0.1, 0.15) is 11.6 Å². The first-order valence-electron chi connectivity index (χ1n) is 8.40. The van der Waals surface area contributed by atoms with Gasteiger partial charge in [-0.05, 0) is 49.2 Å². The third-order valence-electron chi connectivity index (χ3n) is 4.36. The number of aromatic nitrogens is 1. The summed E-state index contributed by atoms with van der Waals surface area (Å²) in [7, 11) is 0. The molecule has 0 saturated carbocycles. The summed E-state index contributed by atoms with van der Waals surface area (Å²) in [6.07, 6.45) is 1.97. The fourth-order valence-electron chi connectivity index (χ4n) is 3.28. The zero-order valence-electron chi connectivity index (χ0n) is 14.1. The van der Waals surface area contributed by atoms with Crippen molar-refractivity contribution < 1.29 is 13.6 Å². The first kappa shape index (κ1) is 17.5. The van der Waals surface area contributed by atoms with E-state index in [1.54, 1.807) is 0 Å². The Morgan fingerprint density at radius 3 is 2.76 bits per heavy atom. The Morgan fingerprint density at radius 1 is 1.28 bits per heavy atom. The molecule has 1 fully saturated rings. The Balaban J connectivity index is 1.75. The summed E-state index contributed by atoms with van der Waals surface area (Å²) in [5.41, 5.74) is 2.35. The second-order valence-corrected chi connectivity index (χ2v) is 6.37. The molecule has 0 radical (unpaired) electrons. The van der Waals surface area contributed by atoms with Crippen LogP contribution in [0.25, 0.3) is 0 Å². The van der Waals surface area contributed by atoms with Gasteiger partial charge in [0.25, 0.3) is 0 Å². The highest BCUT2D eigenvalue weighted by molar-refractivity contribution is 5.72. The molecule has 1 aromatic carbocycles. The van der Waals surface area contributed by atoms with Crippen LogP contribution in [0, 0.1) is 11.6 Å². The fraction of sp³-hybridized carbons (Fsp3) is 0.368. The van der Waals surface area contributed by atoms with Gasteiger partial charge in [0.2, 0.25) is 5.91 Å². The Morgan fingerprint density at radius 2 is 2.04 bits per heavy atom. The summed E-state index contributed by atoms with van der Waals surface area (Å²) in [6, 6.07) is 9.52. The van der Waals surface area contributed by atoms with E-state index in [1.807, 2.05) is 18.2 Å². The van der Waals surface area contributed by atoms with E-state index in [9.17, 15) is 13.6 Å². The molecule has 1 aliphatic rings. The molecule has 0 spiro atoms. The number of pyridine rings is 1. The van der Waals surface area contributed by atoms with Crippen molar-refractivity contribution in [2.75, 3.05) is 6.54 Å². The number of likely N-dealkylation sites (tertiary alicyclic amines) is 1. The van der Waals surface area contributed by atoms with Gasteiger partial charge in [-0.1, -0.05) is 6.07 Å². The van der Waals surface area contributed by atoms with Crippen LogP contribution in [0.15, 0.2) is 36.4 Å². The van der Waals surface area contributed by atoms with Crippen LogP contribution < -0.4 is 5.32 Å². The van der Waals surface area contributed by atoms with Crippen molar-refractivity contribution in [2.45, 2.75) is 38.9 Å². The Kier molecular flexibility index (Phi) is 5.38. The van der Waals surface area contributed by atoms with Crippen LogP contribution in [0.5, 0.6) is 0 Å². The fourth-order valence-corrected chi connectivity index (χ4v) is 3.28. The van der Waals surface area contributed by atoms with E-state index in [0.29, 0.717) is 18.7 Å². The highest BCUT2D eigenvalue weighted by Crippen LogP contribution is 2.32. The molecular formula is C19H21F2N3O. The number of nitrogens with zero attached hydrogens (tertiary/aromatic N) is 2. The van der Waals surface area contributed by atoms with Crippen LogP contribution in [-0.4, -0.2) is 22.3 Å². The lowest BCUT2D eigenvalue weighted by molar-refractivity contribution is -0.119. The summed E-state index contributed by atoms with van der Waals surface area (Å²) in [4.78, 5) is 17.9. The van der Waals surface area contributed by atoms with E-state index in [1.165, 1.54) is 19.1 Å². The molecule has 0 bridgehead atoms. The number of hydrogen-bond donors (Lipinski definition) is 1. The summed E-state index contributed by atoms with van der Waals surface area (Å²) in [5, 5.41) is 2.74. The van der Waals surface area contributed by atoms with Crippen molar-refractivity contribution in [2.24, 2.45) is 0 Å². The molecule has 1 aliphatic heterocycles. The van der Waals surface area contributed by atoms with E-state index in [2.05, 4.69) is 15.2 Å². The van der Waals surface area contributed by atoms with Gasteiger partial charge in [-0.3, -0.25) is 14.7 Å². The molecule has 25 heavy (non-hydrogen) atoms. The van der Waals surface area contributed by atoms with Crippen molar-refractivity contribution in [3.8, 4) is 0 Å². The molecule has 6 heteroatoms. The van der Waals surface area contributed by atoms with Gasteiger partial charge >= 0.3 is 0 Å². The number of benzene rings is 1. The van der Waals surface area contributed by atoms with Gasteiger partial charge in [-0.25, -0.2) is 8.78 Å². The van der Waals surface area contributed by atoms with Gasteiger partial charge in [0.05, 0.1) is 24.0 Å². The maximum atomic E-state index is 13.4. The summed E-state index contributed by atoms with van der Waals surface area (Å²) in [6.45, 7) is 3.21. The van der Waals surface area contributed by atoms with Crippen molar-refractivity contribution >= 4 is 5.91 Å². The lowest BCUT2D eigenvalue weighted by Gasteiger charge is -2.24. The average molecular weight is 345 g/mol. The van der Waals surface area contributed by atoms with Crippen LogP contribution in [0.4, 0.5) is 8.78 Å². The molecule has 132 valence electrons. The predicted molar refractivity (Wildman–Crippen MR) is 90.5 cm³/mol. The van der Waals surface area contributed by atoms with Crippen molar-refractivity contribution in [1.29, 1.82) is 0 Å². The normalized spacial score (nSPS) is 17.6. The molecule has 3 rings (SSSR count). The third kappa shape index (κ3) is 4.60. The minimum Gasteiger partial charge on any atom is -0.351 e. The van der Waals surface area contributed by atoms with Gasteiger partial charge < -0.3 is 5.32 Å². The monoisotopic (exact) mass is 345 g/mol. The van der Waals surface area contributed by atoms with Gasteiger partial charge in [0, 0.05) is 19.5 Å². The van der Waals surface area contributed by atoms with Gasteiger partial charge in [0.15, 0.2) is 0 Å². The average Bonchev–Trinajstić information content (AvgIpc) is 3.00. The first-order valence-corrected chi connectivity index (χ1v) is 8.40. The molecule has 1 atom stereocenters. The van der Waals surface area contributed by atoms with Gasteiger partial charge in [-0.15, -0.1) is 0 Å². The molecule has 0 unspecified atom stereocenters. The number of carbonyl (C=O) groups excluding carboxylic acids is 1. The SMILES string of the molecule is CC(=O)NCc1cccc([C@@H]2CCCN2Cc2cc(F)cc(F)c2)n1.